The number of rotatable bonds is 10. The molecular formula is C14H21N7O3S. The number of hydrogen-bond acceptors (Lipinski definition) is 9. The van der Waals surface area contributed by atoms with Crippen LogP contribution in [0, 0.1) is 0 Å². The highest BCUT2D eigenvalue weighted by atomic mass is 32.1. The van der Waals surface area contributed by atoms with Gasteiger partial charge in [0.25, 0.3) is 11.8 Å². The molecule has 1 aromatic rings. The van der Waals surface area contributed by atoms with Crippen LogP contribution in [0.15, 0.2) is 4.99 Å². The van der Waals surface area contributed by atoms with E-state index in [1.165, 1.54) is 7.11 Å². The second-order valence-electron chi connectivity index (χ2n) is 4.60. The van der Waals surface area contributed by atoms with Gasteiger partial charge in [-0.1, -0.05) is 0 Å². The van der Waals surface area contributed by atoms with E-state index in [4.69, 9.17) is 4.74 Å². The van der Waals surface area contributed by atoms with Crippen molar-refractivity contribution in [3.05, 3.63) is 11.4 Å². The predicted molar refractivity (Wildman–Crippen MR) is 97.6 cm³/mol. The molecule has 0 bridgehead atoms. The van der Waals surface area contributed by atoms with Gasteiger partial charge in [-0.15, -0.1) is 0 Å². The molecule has 0 saturated heterocycles. The van der Waals surface area contributed by atoms with E-state index in [1.54, 1.807) is 14.1 Å². The third-order valence-corrected chi connectivity index (χ3v) is 3.09. The van der Waals surface area contributed by atoms with Crippen LogP contribution >= 0.6 is 12.2 Å². The minimum atomic E-state index is -0.445. The molecule has 11 heteroatoms. The lowest BCUT2D eigenvalue weighted by Crippen LogP contribution is -2.31. The second-order valence-corrected chi connectivity index (χ2v) is 4.78. The second kappa shape index (κ2) is 11.0. The van der Waals surface area contributed by atoms with Gasteiger partial charge in [-0.3, -0.25) is 9.59 Å². The van der Waals surface area contributed by atoms with Crippen LogP contribution in [0.5, 0.6) is 0 Å². The SMILES string of the molecule is CNc1nc(C(=O)NCCOC)c(NC)nc1C(=O)NCCN=C=S. The molecule has 0 atom stereocenters. The summed E-state index contributed by atoms with van der Waals surface area (Å²) in [4.78, 5) is 36.6. The van der Waals surface area contributed by atoms with Crippen LogP contribution in [0.3, 0.4) is 0 Å². The average Bonchev–Trinajstić information content (AvgIpc) is 2.63. The van der Waals surface area contributed by atoms with E-state index in [9.17, 15) is 9.59 Å². The van der Waals surface area contributed by atoms with Crippen molar-refractivity contribution < 1.29 is 14.3 Å². The number of amides is 2. The maximum absolute atomic E-state index is 12.3. The van der Waals surface area contributed by atoms with Crippen LogP contribution in [-0.4, -0.2) is 74.4 Å². The fourth-order valence-corrected chi connectivity index (χ4v) is 1.90. The Morgan fingerprint density at radius 1 is 1.08 bits per heavy atom. The fourth-order valence-electron chi connectivity index (χ4n) is 1.81. The highest BCUT2D eigenvalue weighted by molar-refractivity contribution is 7.78. The molecule has 0 radical (unpaired) electrons. The third-order valence-electron chi connectivity index (χ3n) is 2.97. The normalized spacial score (nSPS) is 9.72. The summed E-state index contributed by atoms with van der Waals surface area (Å²) in [6, 6.07) is 0. The van der Waals surface area contributed by atoms with Crippen molar-refractivity contribution in [1.82, 2.24) is 20.6 Å². The summed E-state index contributed by atoms with van der Waals surface area (Å²) in [7, 11) is 4.71. The minimum absolute atomic E-state index is 0.0617. The van der Waals surface area contributed by atoms with Gasteiger partial charge in [0.1, 0.15) is 0 Å². The molecule has 0 spiro atoms. The molecule has 4 N–H and O–H groups in total. The van der Waals surface area contributed by atoms with E-state index in [1.807, 2.05) is 0 Å². The Kier molecular flexibility index (Phi) is 9.01. The number of nitrogens with zero attached hydrogens (tertiary/aromatic N) is 3. The number of ether oxygens (including phenoxy) is 1. The molecule has 0 saturated carbocycles. The maximum atomic E-state index is 12.3. The molecule has 0 fully saturated rings. The number of carbonyl (C=O) groups is 2. The average molecular weight is 367 g/mol. The summed E-state index contributed by atoms with van der Waals surface area (Å²) >= 11 is 4.46. The summed E-state index contributed by atoms with van der Waals surface area (Å²) in [6.07, 6.45) is 0. The standard InChI is InChI=1S/C14H21N7O3S/c1-15-11-9(13(22)18-5-4-17-8-25)20-12(16-2)10(21-11)14(23)19-6-7-24-3/h4-7H2,1-3H3,(H,15,21)(H,16,20)(H,18,22)(H,19,23). The Balaban J connectivity index is 3.02. The van der Waals surface area contributed by atoms with Crippen molar-refractivity contribution in [1.29, 1.82) is 0 Å². The van der Waals surface area contributed by atoms with Gasteiger partial charge in [0.2, 0.25) is 0 Å². The van der Waals surface area contributed by atoms with E-state index < -0.39 is 11.8 Å². The molecule has 0 aliphatic rings. The zero-order chi connectivity index (χ0) is 18.7. The zero-order valence-corrected chi connectivity index (χ0v) is 15.1. The van der Waals surface area contributed by atoms with Gasteiger partial charge >= 0.3 is 0 Å². The van der Waals surface area contributed by atoms with Gasteiger partial charge in [0.05, 0.1) is 18.3 Å². The largest absolute Gasteiger partial charge is 0.383 e. The molecule has 136 valence electrons. The summed E-state index contributed by atoms with van der Waals surface area (Å²) in [5, 5.41) is 13.1. The van der Waals surface area contributed by atoms with Crippen molar-refractivity contribution in [2.24, 2.45) is 4.99 Å². The first kappa shape index (κ1) is 20.4. The Hall–Kier alpha value is -2.62. The van der Waals surface area contributed by atoms with Gasteiger partial charge in [0, 0.05) is 34.3 Å². The quantitative estimate of drug-likeness (QED) is 0.253. The fraction of sp³-hybridized carbons (Fsp3) is 0.500. The molecule has 1 rings (SSSR count). The Morgan fingerprint density at radius 3 is 2.04 bits per heavy atom. The van der Waals surface area contributed by atoms with Crippen LogP contribution in [0.2, 0.25) is 0 Å². The zero-order valence-electron chi connectivity index (χ0n) is 14.3. The molecule has 25 heavy (non-hydrogen) atoms. The van der Waals surface area contributed by atoms with E-state index in [0.29, 0.717) is 19.7 Å². The molecular weight excluding hydrogens is 346 g/mol. The van der Waals surface area contributed by atoms with Gasteiger partial charge in [0.15, 0.2) is 23.0 Å². The summed E-state index contributed by atoms with van der Waals surface area (Å²) in [6.45, 7) is 1.30. The number of aromatic nitrogens is 2. The van der Waals surface area contributed by atoms with E-state index >= 15 is 0 Å². The van der Waals surface area contributed by atoms with Crippen LogP contribution in [0.1, 0.15) is 21.0 Å². The number of anilines is 2. The summed E-state index contributed by atoms with van der Waals surface area (Å²) in [5.74, 6) is -0.491. The molecule has 0 aliphatic heterocycles. The van der Waals surface area contributed by atoms with E-state index in [2.05, 4.69) is 53.6 Å². The summed E-state index contributed by atoms with van der Waals surface area (Å²) in [5.41, 5.74) is 0.136. The number of carbonyl (C=O) groups excluding carboxylic acids is 2. The van der Waals surface area contributed by atoms with E-state index in [0.717, 1.165) is 0 Å². The molecule has 1 aromatic heterocycles. The maximum Gasteiger partial charge on any atom is 0.273 e. The predicted octanol–water partition coefficient (Wildman–Crippen LogP) is -0.231. The smallest absolute Gasteiger partial charge is 0.273 e. The first-order chi connectivity index (χ1) is 12.1. The van der Waals surface area contributed by atoms with Gasteiger partial charge in [-0.05, 0) is 12.2 Å². The lowest BCUT2D eigenvalue weighted by Gasteiger charge is -2.13. The van der Waals surface area contributed by atoms with Gasteiger partial charge < -0.3 is 26.0 Å². The Bertz CT molecular complexity index is 662. The highest BCUT2D eigenvalue weighted by Crippen LogP contribution is 2.17. The monoisotopic (exact) mass is 367 g/mol. The third kappa shape index (κ3) is 6.07. The molecule has 0 aromatic carbocycles. The van der Waals surface area contributed by atoms with E-state index in [-0.39, 0.29) is 29.6 Å². The van der Waals surface area contributed by atoms with Crippen molar-refractivity contribution in [2.75, 3.05) is 58.1 Å². The number of nitrogens with one attached hydrogen (secondary N) is 4. The first-order valence-electron chi connectivity index (χ1n) is 7.45. The van der Waals surface area contributed by atoms with Gasteiger partial charge in [-0.2, -0.15) is 0 Å². The molecule has 2 amide bonds. The first-order valence-corrected chi connectivity index (χ1v) is 7.86. The topological polar surface area (TPSA) is 130 Å². The Labute approximate surface area is 150 Å². The number of thiocarbonyl (C=S) groups is 1. The number of hydrogen-bond donors (Lipinski definition) is 4. The van der Waals surface area contributed by atoms with Crippen LogP contribution < -0.4 is 21.3 Å². The van der Waals surface area contributed by atoms with Crippen molar-refractivity contribution in [3.63, 3.8) is 0 Å². The lowest BCUT2D eigenvalue weighted by atomic mass is 10.3. The molecule has 0 unspecified atom stereocenters. The van der Waals surface area contributed by atoms with Gasteiger partial charge in [-0.25, -0.2) is 15.0 Å². The number of methoxy groups -OCH3 is 1. The summed E-state index contributed by atoms with van der Waals surface area (Å²) < 4.78 is 4.88. The molecule has 10 nitrogen and oxygen atoms in total. The number of isothiocyanates is 1. The van der Waals surface area contributed by atoms with Crippen LogP contribution in [0.25, 0.3) is 0 Å². The Morgan fingerprint density at radius 2 is 1.60 bits per heavy atom. The molecule has 1 heterocycles. The van der Waals surface area contributed by atoms with Crippen LogP contribution in [0.4, 0.5) is 11.6 Å². The van der Waals surface area contributed by atoms with Crippen molar-refractivity contribution in [2.45, 2.75) is 0 Å². The number of aliphatic imine (C=N–C) groups is 1. The lowest BCUT2D eigenvalue weighted by molar-refractivity contribution is 0.0925. The van der Waals surface area contributed by atoms with Crippen LogP contribution in [-0.2, 0) is 4.74 Å². The van der Waals surface area contributed by atoms with Crippen molar-refractivity contribution in [3.8, 4) is 0 Å². The minimum Gasteiger partial charge on any atom is -0.383 e. The van der Waals surface area contributed by atoms with Crippen molar-refractivity contribution >= 4 is 40.8 Å². The highest BCUT2D eigenvalue weighted by Gasteiger charge is 2.21. The molecule has 0 aliphatic carbocycles.